The first-order valence-electron chi connectivity index (χ1n) is 6.33. The van der Waals surface area contributed by atoms with Crippen LogP contribution < -0.4 is 4.74 Å². The summed E-state index contributed by atoms with van der Waals surface area (Å²) < 4.78 is 10.3. The second kappa shape index (κ2) is 6.40. The molecule has 0 spiro atoms. The highest BCUT2D eigenvalue weighted by Crippen LogP contribution is 2.14. The molecule has 2 rings (SSSR count). The van der Waals surface area contributed by atoms with Gasteiger partial charge in [-0.25, -0.2) is 4.79 Å². The third kappa shape index (κ3) is 3.47. The Morgan fingerprint density at radius 3 is 2.44 bits per heavy atom. The maximum Gasteiger partial charge on any atom is 0.337 e. The maximum absolute atomic E-state index is 11.3. The molecule has 1 aliphatic heterocycles. The molecular weight excluding hydrogens is 230 g/mol. The summed E-state index contributed by atoms with van der Waals surface area (Å²) >= 11 is 0. The highest BCUT2D eigenvalue weighted by atomic mass is 16.5. The molecule has 0 N–H and O–H groups in total. The molecule has 1 fully saturated rings. The Morgan fingerprint density at radius 2 is 1.83 bits per heavy atom. The van der Waals surface area contributed by atoms with Crippen LogP contribution in [0.5, 0.6) is 5.75 Å². The minimum Gasteiger partial charge on any atom is -0.478 e. The van der Waals surface area contributed by atoms with Gasteiger partial charge in [0.05, 0.1) is 12.7 Å². The van der Waals surface area contributed by atoms with E-state index in [1.165, 1.54) is 26.4 Å². The summed E-state index contributed by atoms with van der Waals surface area (Å²) in [5, 5.41) is 0. The van der Waals surface area contributed by atoms with Gasteiger partial charge < -0.3 is 9.47 Å². The Hall–Kier alpha value is -1.55. The number of hydrogen-bond acceptors (Lipinski definition) is 4. The zero-order valence-corrected chi connectivity index (χ0v) is 10.7. The van der Waals surface area contributed by atoms with Crippen molar-refractivity contribution >= 4 is 5.97 Å². The Bertz CT molecular complexity index is 383. The number of nitrogens with zero attached hydrogens (tertiary/aromatic N) is 1. The van der Waals surface area contributed by atoms with E-state index in [0.717, 1.165) is 18.8 Å². The van der Waals surface area contributed by atoms with E-state index in [1.54, 1.807) is 24.3 Å². The summed E-state index contributed by atoms with van der Waals surface area (Å²) in [5.74, 6) is 0.464. The highest BCUT2D eigenvalue weighted by molar-refractivity contribution is 5.89. The van der Waals surface area contributed by atoms with Crippen molar-refractivity contribution in [3.8, 4) is 5.75 Å². The molecule has 0 bridgehead atoms. The van der Waals surface area contributed by atoms with E-state index < -0.39 is 0 Å². The van der Waals surface area contributed by atoms with Gasteiger partial charge >= 0.3 is 5.97 Å². The van der Waals surface area contributed by atoms with E-state index in [1.807, 2.05) is 0 Å². The number of piperidine rings is 1. The molecule has 0 unspecified atom stereocenters. The number of carbonyl (C=O) groups excluding carboxylic acids is 1. The number of carbonyl (C=O) groups is 1. The Morgan fingerprint density at radius 1 is 1.17 bits per heavy atom. The average molecular weight is 249 g/mol. The molecule has 0 amide bonds. The summed E-state index contributed by atoms with van der Waals surface area (Å²) in [5.41, 5.74) is 0.544. The maximum atomic E-state index is 11.3. The minimum atomic E-state index is -0.322. The number of rotatable bonds is 4. The van der Waals surface area contributed by atoms with Crippen LogP contribution in [0, 0.1) is 0 Å². The Kier molecular flexibility index (Phi) is 4.59. The molecule has 4 heteroatoms. The number of benzene rings is 1. The van der Waals surface area contributed by atoms with Crippen molar-refractivity contribution in [1.82, 2.24) is 4.90 Å². The smallest absolute Gasteiger partial charge is 0.337 e. The van der Waals surface area contributed by atoms with E-state index in [-0.39, 0.29) is 5.97 Å². The van der Waals surface area contributed by atoms with E-state index in [0.29, 0.717) is 12.3 Å². The van der Waals surface area contributed by atoms with Crippen LogP contribution in [0.15, 0.2) is 24.3 Å². The lowest BCUT2D eigenvalue weighted by atomic mass is 10.1. The molecule has 0 aromatic heterocycles. The predicted molar refractivity (Wildman–Crippen MR) is 68.7 cm³/mol. The van der Waals surface area contributed by atoms with Crippen molar-refractivity contribution in [1.29, 1.82) is 0 Å². The monoisotopic (exact) mass is 249 g/mol. The fourth-order valence-electron chi connectivity index (χ4n) is 2.06. The first kappa shape index (κ1) is 12.9. The van der Waals surface area contributed by atoms with E-state index in [9.17, 15) is 4.79 Å². The van der Waals surface area contributed by atoms with Gasteiger partial charge in [0.15, 0.2) is 0 Å². The summed E-state index contributed by atoms with van der Waals surface area (Å²) in [6, 6.07) is 7.04. The van der Waals surface area contributed by atoms with Crippen LogP contribution in [0.2, 0.25) is 0 Å². The molecule has 1 aromatic carbocycles. The highest BCUT2D eigenvalue weighted by Gasteiger charge is 2.10. The van der Waals surface area contributed by atoms with Gasteiger partial charge in [-0.15, -0.1) is 0 Å². The summed E-state index contributed by atoms with van der Waals surface area (Å²) in [4.78, 5) is 13.6. The fraction of sp³-hybridized carbons (Fsp3) is 0.500. The predicted octanol–water partition coefficient (Wildman–Crippen LogP) is 2.30. The number of ether oxygens (including phenoxy) is 2. The Balaban J connectivity index is 1.84. The summed E-state index contributed by atoms with van der Waals surface area (Å²) in [6.07, 6.45) is 3.83. The lowest BCUT2D eigenvalue weighted by Gasteiger charge is -2.26. The van der Waals surface area contributed by atoms with Gasteiger partial charge in [-0.2, -0.15) is 0 Å². The first-order valence-corrected chi connectivity index (χ1v) is 6.33. The van der Waals surface area contributed by atoms with Crippen LogP contribution in [0.4, 0.5) is 0 Å². The van der Waals surface area contributed by atoms with Crippen molar-refractivity contribution in [3.63, 3.8) is 0 Å². The molecule has 4 nitrogen and oxygen atoms in total. The van der Waals surface area contributed by atoms with E-state index in [4.69, 9.17) is 4.74 Å². The molecule has 1 heterocycles. The molecule has 1 saturated heterocycles. The quantitative estimate of drug-likeness (QED) is 0.767. The van der Waals surface area contributed by atoms with Crippen LogP contribution in [0.3, 0.4) is 0 Å². The van der Waals surface area contributed by atoms with Crippen LogP contribution in [-0.4, -0.2) is 37.8 Å². The molecule has 0 saturated carbocycles. The number of hydrogen-bond donors (Lipinski definition) is 0. The third-order valence-corrected chi connectivity index (χ3v) is 3.14. The number of methoxy groups -OCH3 is 1. The van der Waals surface area contributed by atoms with Gasteiger partial charge in [-0.05, 0) is 37.1 Å². The SMILES string of the molecule is COC(=O)c1ccc(OCN2CCCCC2)cc1. The molecule has 1 aliphatic rings. The van der Waals surface area contributed by atoms with Gasteiger partial charge in [0.25, 0.3) is 0 Å². The normalized spacial score (nSPS) is 16.3. The topological polar surface area (TPSA) is 38.8 Å². The standard InChI is InChI=1S/C14H19NO3/c1-17-14(16)12-5-7-13(8-6-12)18-11-15-9-3-2-4-10-15/h5-8H,2-4,9-11H2,1H3. The van der Waals surface area contributed by atoms with Gasteiger partial charge in [0.2, 0.25) is 0 Å². The molecule has 18 heavy (non-hydrogen) atoms. The van der Waals surface area contributed by atoms with E-state index >= 15 is 0 Å². The van der Waals surface area contributed by atoms with Crippen LogP contribution in [-0.2, 0) is 4.74 Å². The third-order valence-electron chi connectivity index (χ3n) is 3.14. The molecule has 0 aliphatic carbocycles. The van der Waals surface area contributed by atoms with Crippen molar-refractivity contribution in [2.75, 3.05) is 26.9 Å². The Labute approximate surface area is 107 Å². The largest absolute Gasteiger partial charge is 0.478 e. The molecule has 0 radical (unpaired) electrons. The van der Waals surface area contributed by atoms with Gasteiger partial charge in [-0.1, -0.05) is 6.42 Å². The average Bonchev–Trinajstić information content (AvgIpc) is 2.46. The molecular formula is C14H19NO3. The first-order chi connectivity index (χ1) is 8.79. The summed E-state index contributed by atoms with van der Waals surface area (Å²) in [6.45, 7) is 2.85. The fourth-order valence-corrected chi connectivity index (χ4v) is 2.06. The zero-order chi connectivity index (χ0) is 12.8. The van der Waals surface area contributed by atoms with Crippen LogP contribution in [0.1, 0.15) is 29.6 Å². The lowest BCUT2D eigenvalue weighted by Crippen LogP contribution is -2.33. The zero-order valence-electron chi connectivity index (χ0n) is 10.7. The van der Waals surface area contributed by atoms with Gasteiger partial charge in [0.1, 0.15) is 12.5 Å². The summed E-state index contributed by atoms with van der Waals surface area (Å²) in [7, 11) is 1.38. The molecule has 1 aromatic rings. The van der Waals surface area contributed by atoms with Gasteiger partial charge in [-0.3, -0.25) is 4.90 Å². The number of likely N-dealkylation sites (tertiary alicyclic amines) is 1. The second-order valence-corrected chi connectivity index (χ2v) is 4.47. The van der Waals surface area contributed by atoms with Crippen LogP contribution >= 0.6 is 0 Å². The number of esters is 1. The minimum absolute atomic E-state index is 0.322. The van der Waals surface area contributed by atoms with Crippen molar-refractivity contribution in [2.24, 2.45) is 0 Å². The van der Waals surface area contributed by atoms with Crippen molar-refractivity contribution < 1.29 is 14.3 Å². The lowest BCUT2D eigenvalue weighted by molar-refractivity contribution is 0.0600. The second-order valence-electron chi connectivity index (χ2n) is 4.47. The van der Waals surface area contributed by atoms with Crippen LogP contribution in [0.25, 0.3) is 0 Å². The van der Waals surface area contributed by atoms with Gasteiger partial charge in [0, 0.05) is 13.1 Å². The van der Waals surface area contributed by atoms with E-state index in [2.05, 4.69) is 9.64 Å². The molecule has 0 atom stereocenters. The molecule has 98 valence electrons. The van der Waals surface area contributed by atoms with Crippen molar-refractivity contribution in [2.45, 2.75) is 19.3 Å². The van der Waals surface area contributed by atoms with Crippen molar-refractivity contribution in [3.05, 3.63) is 29.8 Å².